The van der Waals surface area contributed by atoms with Crippen molar-refractivity contribution in [3.05, 3.63) is 107 Å². The Labute approximate surface area is 211 Å². The van der Waals surface area contributed by atoms with E-state index in [0.717, 1.165) is 27.8 Å². The van der Waals surface area contributed by atoms with Gasteiger partial charge in [-0.25, -0.2) is 0 Å². The number of aromatic nitrogens is 3. The van der Waals surface area contributed by atoms with E-state index in [9.17, 15) is 18.0 Å². The summed E-state index contributed by atoms with van der Waals surface area (Å²) in [7, 11) is 0. The molecule has 4 aromatic rings. The lowest BCUT2D eigenvalue weighted by molar-refractivity contribution is -0.274. The van der Waals surface area contributed by atoms with Gasteiger partial charge in [-0.2, -0.15) is 5.10 Å². The van der Waals surface area contributed by atoms with E-state index in [1.165, 1.54) is 24.3 Å². The van der Waals surface area contributed by atoms with Gasteiger partial charge in [-0.15, -0.1) is 13.2 Å². The van der Waals surface area contributed by atoms with Crippen molar-refractivity contribution >= 4 is 12.0 Å². The molecule has 2 aromatic carbocycles. The summed E-state index contributed by atoms with van der Waals surface area (Å²) in [4.78, 5) is 19.1. The van der Waals surface area contributed by atoms with E-state index in [4.69, 9.17) is 0 Å². The molecule has 0 bridgehead atoms. The van der Waals surface area contributed by atoms with Crippen LogP contribution in [0.5, 0.6) is 5.75 Å². The molecule has 3 heterocycles. The number of carbonyl (C=O) groups excluding carboxylic acids is 1. The van der Waals surface area contributed by atoms with E-state index in [2.05, 4.69) is 14.8 Å². The number of alkyl halides is 3. The van der Waals surface area contributed by atoms with E-state index < -0.39 is 6.36 Å². The predicted octanol–water partition coefficient (Wildman–Crippen LogP) is 6.08. The molecule has 37 heavy (non-hydrogen) atoms. The molecule has 1 aliphatic heterocycles. The highest BCUT2D eigenvalue weighted by atomic mass is 19.4. The molecule has 0 fully saturated rings. The number of nitrogens with zero attached hydrogens (tertiary/aromatic N) is 4. The van der Waals surface area contributed by atoms with Crippen LogP contribution in [0.2, 0.25) is 0 Å². The van der Waals surface area contributed by atoms with Crippen LogP contribution >= 0.6 is 0 Å². The fraction of sp³-hybridized carbons (Fsp3) is 0.179. The average Bonchev–Trinajstić information content (AvgIpc) is 3.45. The second kappa shape index (κ2) is 9.93. The predicted molar refractivity (Wildman–Crippen MR) is 132 cm³/mol. The summed E-state index contributed by atoms with van der Waals surface area (Å²) in [5.74, 6) is -0.408. The molecule has 0 saturated heterocycles. The van der Waals surface area contributed by atoms with Gasteiger partial charge in [0, 0.05) is 37.2 Å². The maximum Gasteiger partial charge on any atom is 0.573 e. The number of carbonyl (C=O) groups is 1. The van der Waals surface area contributed by atoms with Gasteiger partial charge in [0.05, 0.1) is 18.3 Å². The first-order valence-electron chi connectivity index (χ1n) is 11.6. The van der Waals surface area contributed by atoms with E-state index in [1.54, 1.807) is 23.5 Å². The van der Waals surface area contributed by atoms with Crippen molar-refractivity contribution in [2.45, 2.75) is 32.9 Å². The third-order valence-electron chi connectivity index (χ3n) is 6.02. The third-order valence-corrected chi connectivity index (χ3v) is 6.02. The summed E-state index contributed by atoms with van der Waals surface area (Å²) in [6, 6.07) is 13.4. The highest BCUT2D eigenvalue weighted by Gasteiger charge is 2.32. The Hall–Kier alpha value is -4.40. The molecule has 0 saturated carbocycles. The number of pyridine rings is 1. The first-order valence-corrected chi connectivity index (χ1v) is 11.6. The molecular formula is C28H23F3N4O2. The lowest BCUT2D eigenvalue weighted by Crippen LogP contribution is -2.23. The zero-order valence-corrected chi connectivity index (χ0v) is 19.9. The lowest BCUT2D eigenvalue weighted by Gasteiger charge is -2.16. The number of benzene rings is 2. The molecule has 5 rings (SSSR count). The van der Waals surface area contributed by atoms with Crippen LogP contribution in [0.4, 0.5) is 13.2 Å². The average molecular weight is 505 g/mol. The van der Waals surface area contributed by atoms with Gasteiger partial charge in [-0.05, 0) is 65.1 Å². The molecule has 1 aliphatic rings. The fourth-order valence-corrected chi connectivity index (χ4v) is 4.45. The molecule has 2 aromatic heterocycles. The molecule has 0 atom stereocenters. The molecule has 1 amide bonds. The van der Waals surface area contributed by atoms with E-state index in [0.29, 0.717) is 24.2 Å². The zero-order chi connectivity index (χ0) is 26.0. The quantitative estimate of drug-likeness (QED) is 0.306. The van der Waals surface area contributed by atoms with E-state index in [1.807, 2.05) is 54.2 Å². The van der Waals surface area contributed by atoms with Gasteiger partial charge in [-0.1, -0.05) is 30.4 Å². The van der Waals surface area contributed by atoms with Crippen molar-refractivity contribution in [2.24, 2.45) is 0 Å². The highest BCUT2D eigenvalue weighted by Crippen LogP contribution is 2.33. The van der Waals surface area contributed by atoms with Crippen molar-refractivity contribution in [3.8, 4) is 16.9 Å². The van der Waals surface area contributed by atoms with Crippen LogP contribution in [0.15, 0.2) is 79.4 Å². The van der Waals surface area contributed by atoms with Crippen LogP contribution in [0.3, 0.4) is 0 Å². The molecule has 9 heteroatoms. The van der Waals surface area contributed by atoms with Gasteiger partial charge >= 0.3 is 6.36 Å². The fourth-order valence-electron chi connectivity index (χ4n) is 4.45. The zero-order valence-electron chi connectivity index (χ0n) is 19.9. The summed E-state index contributed by atoms with van der Waals surface area (Å²) in [6.07, 6.45) is 6.35. The largest absolute Gasteiger partial charge is 0.573 e. The van der Waals surface area contributed by atoms with Crippen LogP contribution in [0, 0.1) is 0 Å². The molecule has 0 radical (unpaired) electrons. The van der Waals surface area contributed by atoms with Gasteiger partial charge in [0.1, 0.15) is 5.75 Å². The van der Waals surface area contributed by atoms with Crippen molar-refractivity contribution in [1.82, 2.24) is 19.7 Å². The SMILES string of the molecule is C/C=C/c1cc(-c2cnn(Cc3cccnc3)c2)cc2c1C(=O)N(Cc1ccc(OC(F)(F)F)cc1)C2. The van der Waals surface area contributed by atoms with Crippen molar-refractivity contribution in [1.29, 1.82) is 0 Å². The summed E-state index contributed by atoms with van der Waals surface area (Å²) >= 11 is 0. The van der Waals surface area contributed by atoms with Crippen LogP contribution in [-0.2, 0) is 19.6 Å². The summed E-state index contributed by atoms with van der Waals surface area (Å²) in [5.41, 5.74) is 5.99. The number of hydrogen-bond acceptors (Lipinski definition) is 4. The molecule has 6 nitrogen and oxygen atoms in total. The molecule has 0 spiro atoms. The topological polar surface area (TPSA) is 60.2 Å². The van der Waals surface area contributed by atoms with Crippen molar-refractivity contribution in [3.63, 3.8) is 0 Å². The number of halogens is 3. The van der Waals surface area contributed by atoms with Gasteiger partial charge < -0.3 is 9.64 Å². The second-order valence-corrected chi connectivity index (χ2v) is 8.74. The van der Waals surface area contributed by atoms with Gasteiger partial charge in [0.25, 0.3) is 5.91 Å². The monoisotopic (exact) mass is 504 g/mol. The molecule has 0 unspecified atom stereocenters. The van der Waals surface area contributed by atoms with Crippen LogP contribution in [-0.4, -0.2) is 31.9 Å². The molecule has 188 valence electrons. The van der Waals surface area contributed by atoms with E-state index in [-0.39, 0.29) is 18.2 Å². The number of rotatable bonds is 7. The highest BCUT2D eigenvalue weighted by molar-refractivity contribution is 6.02. The number of ether oxygens (including phenoxy) is 1. The Morgan fingerprint density at radius 3 is 2.54 bits per heavy atom. The summed E-state index contributed by atoms with van der Waals surface area (Å²) < 4.78 is 43.1. The van der Waals surface area contributed by atoms with Gasteiger partial charge in [0.2, 0.25) is 0 Å². The second-order valence-electron chi connectivity index (χ2n) is 8.74. The molecule has 0 N–H and O–H groups in total. The minimum atomic E-state index is -4.75. The van der Waals surface area contributed by atoms with E-state index >= 15 is 0 Å². The number of amides is 1. The molecular weight excluding hydrogens is 481 g/mol. The minimum absolute atomic E-state index is 0.113. The smallest absolute Gasteiger partial charge is 0.406 e. The van der Waals surface area contributed by atoms with Crippen LogP contribution < -0.4 is 4.74 Å². The Morgan fingerprint density at radius 1 is 1.03 bits per heavy atom. The maximum atomic E-state index is 13.3. The Morgan fingerprint density at radius 2 is 1.84 bits per heavy atom. The lowest BCUT2D eigenvalue weighted by atomic mass is 9.96. The number of fused-ring (bicyclic) bond motifs is 1. The Kier molecular flexibility index (Phi) is 6.52. The molecule has 0 aliphatic carbocycles. The van der Waals surface area contributed by atoms with Crippen LogP contribution in [0.1, 0.15) is 39.5 Å². The Bertz CT molecular complexity index is 1440. The summed E-state index contributed by atoms with van der Waals surface area (Å²) in [6.45, 7) is 3.16. The maximum absolute atomic E-state index is 13.3. The van der Waals surface area contributed by atoms with Gasteiger partial charge in [0.15, 0.2) is 0 Å². The first kappa shape index (κ1) is 24.3. The normalized spacial score (nSPS) is 13.4. The van der Waals surface area contributed by atoms with Crippen LogP contribution in [0.25, 0.3) is 17.2 Å². The van der Waals surface area contributed by atoms with Crippen molar-refractivity contribution in [2.75, 3.05) is 0 Å². The van der Waals surface area contributed by atoms with Gasteiger partial charge in [-0.3, -0.25) is 14.5 Å². The minimum Gasteiger partial charge on any atom is -0.406 e. The first-order chi connectivity index (χ1) is 17.8. The Balaban J connectivity index is 1.37. The number of allylic oxidation sites excluding steroid dienone is 1. The third kappa shape index (κ3) is 5.55. The summed E-state index contributed by atoms with van der Waals surface area (Å²) in [5, 5.41) is 4.48. The standard InChI is InChI=1S/C28H23F3N4O2/c1-2-4-21-11-22(24-14-33-35(18-24)16-20-5-3-10-32-13-20)12-23-17-34(27(36)26(21)23)15-19-6-8-25(9-7-19)37-28(29,30)31/h2-14,18H,15-17H2,1H3/b4-2+. The van der Waals surface area contributed by atoms with Crippen molar-refractivity contribution < 1.29 is 22.7 Å². The number of hydrogen-bond donors (Lipinski definition) is 0.